The lowest BCUT2D eigenvalue weighted by molar-refractivity contribution is -0.148. The fourth-order valence-corrected chi connectivity index (χ4v) is 5.97. The molecule has 5 nitrogen and oxygen atoms in total. The van der Waals surface area contributed by atoms with E-state index >= 15 is 0 Å². The van der Waals surface area contributed by atoms with Gasteiger partial charge in [-0.3, -0.25) is 4.90 Å². The van der Waals surface area contributed by atoms with Crippen molar-refractivity contribution in [2.45, 2.75) is 77.1 Å². The highest BCUT2D eigenvalue weighted by Crippen LogP contribution is 2.41. The van der Waals surface area contributed by atoms with Gasteiger partial charge in [-0.25, -0.2) is 9.59 Å². The molecule has 1 heterocycles. The van der Waals surface area contributed by atoms with Crippen LogP contribution in [-0.2, 0) is 9.53 Å². The number of unbranched alkanes of at least 4 members (excludes halogenated alkanes) is 1. The molecule has 0 radical (unpaired) electrons. The minimum atomic E-state index is -0.506. The Hall–Kier alpha value is -1.69. The van der Waals surface area contributed by atoms with Crippen molar-refractivity contribution < 1.29 is 14.3 Å². The van der Waals surface area contributed by atoms with Crippen LogP contribution in [0.2, 0.25) is 0 Å². The Labute approximate surface area is 178 Å². The molecule has 0 aromatic heterocycles. The molecule has 0 spiro atoms. The van der Waals surface area contributed by atoms with Crippen molar-refractivity contribution in [2.75, 3.05) is 17.7 Å². The molecule has 1 aromatic carbocycles. The minimum absolute atomic E-state index is 0.0448. The summed E-state index contributed by atoms with van der Waals surface area (Å²) in [6, 6.07) is 5.30. The molecule has 3 rings (SSSR count). The summed E-state index contributed by atoms with van der Waals surface area (Å²) in [6.07, 6.45) is 7.77. The van der Waals surface area contributed by atoms with Crippen LogP contribution in [0, 0.1) is 19.8 Å². The minimum Gasteiger partial charge on any atom is -0.464 e. The molecule has 1 saturated carbocycles. The van der Waals surface area contributed by atoms with Crippen molar-refractivity contribution in [1.82, 2.24) is 4.90 Å². The number of rotatable bonds is 6. The highest BCUT2D eigenvalue weighted by Gasteiger charge is 2.45. The summed E-state index contributed by atoms with van der Waals surface area (Å²) in [6.45, 7) is 6.49. The SMILES string of the molecule is CCCCOC(=O)[C@H]1CS[C@@H](C2CCCCC2)N1C(=O)Nc1c(C)cccc1C. The first-order chi connectivity index (χ1) is 14.0. The van der Waals surface area contributed by atoms with Crippen molar-refractivity contribution in [3.63, 3.8) is 0 Å². The number of aryl methyl sites for hydroxylation is 2. The third-order valence-electron chi connectivity index (χ3n) is 6.05. The van der Waals surface area contributed by atoms with E-state index in [0.29, 0.717) is 18.3 Å². The molecule has 160 valence electrons. The molecule has 2 amide bonds. The van der Waals surface area contributed by atoms with Crippen LogP contribution in [0.3, 0.4) is 0 Å². The van der Waals surface area contributed by atoms with E-state index in [4.69, 9.17) is 4.74 Å². The van der Waals surface area contributed by atoms with Gasteiger partial charge in [0, 0.05) is 11.4 Å². The van der Waals surface area contributed by atoms with Gasteiger partial charge in [-0.1, -0.05) is 50.8 Å². The van der Waals surface area contributed by atoms with E-state index in [9.17, 15) is 9.59 Å². The number of carbonyl (C=O) groups excluding carboxylic acids is 2. The average molecular weight is 419 g/mol. The molecule has 1 aliphatic carbocycles. The van der Waals surface area contributed by atoms with Gasteiger partial charge in [0.15, 0.2) is 0 Å². The predicted octanol–water partition coefficient (Wildman–Crippen LogP) is 5.50. The molecular weight excluding hydrogens is 384 g/mol. The van der Waals surface area contributed by atoms with E-state index in [1.165, 1.54) is 19.3 Å². The fraction of sp³-hybridized carbons (Fsp3) is 0.652. The normalized spacial score (nSPS) is 22.5. The highest BCUT2D eigenvalue weighted by molar-refractivity contribution is 8.00. The van der Waals surface area contributed by atoms with Crippen LogP contribution in [0.25, 0.3) is 0 Å². The maximum atomic E-state index is 13.4. The molecule has 0 bridgehead atoms. The monoisotopic (exact) mass is 418 g/mol. The Morgan fingerprint density at radius 3 is 2.52 bits per heavy atom. The second kappa shape index (κ2) is 10.4. The summed E-state index contributed by atoms with van der Waals surface area (Å²) in [5, 5.41) is 3.15. The zero-order chi connectivity index (χ0) is 20.8. The summed E-state index contributed by atoms with van der Waals surface area (Å²) in [5.74, 6) is 0.804. The largest absolute Gasteiger partial charge is 0.464 e. The summed E-state index contributed by atoms with van der Waals surface area (Å²) < 4.78 is 5.51. The third-order valence-corrected chi connectivity index (χ3v) is 7.51. The Morgan fingerprint density at radius 2 is 1.86 bits per heavy atom. The molecule has 6 heteroatoms. The molecule has 2 atom stereocenters. The van der Waals surface area contributed by atoms with Crippen LogP contribution in [-0.4, -0.2) is 40.7 Å². The van der Waals surface area contributed by atoms with Crippen LogP contribution >= 0.6 is 11.8 Å². The molecule has 1 N–H and O–H groups in total. The van der Waals surface area contributed by atoms with Gasteiger partial charge in [0.1, 0.15) is 6.04 Å². The number of nitrogens with zero attached hydrogens (tertiary/aromatic N) is 1. The number of benzene rings is 1. The van der Waals surface area contributed by atoms with Gasteiger partial charge < -0.3 is 10.1 Å². The van der Waals surface area contributed by atoms with Crippen LogP contribution in [0.15, 0.2) is 18.2 Å². The number of urea groups is 1. The second-order valence-electron chi connectivity index (χ2n) is 8.26. The molecule has 1 aromatic rings. The first kappa shape index (κ1) is 22.0. The van der Waals surface area contributed by atoms with E-state index in [1.807, 2.05) is 32.0 Å². The van der Waals surface area contributed by atoms with Crippen molar-refractivity contribution in [3.05, 3.63) is 29.3 Å². The number of amides is 2. The molecule has 0 unspecified atom stereocenters. The predicted molar refractivity (Wildman–Crippen MR) is 119 cm³/mol. The molecule has 1 aliphatic heterocycles. The van der Waals surface area contributed by atoms with Crippen LogP contribution in [0.1, 0.15) is 63.0 Å². The number of nitrogens with one attached hydrogen (secondary N) is 1. The Morgan fingerprint density at radius 1 is 1.17 bits per heavy atom. The van der Waals surface area contributed by atoms with Gasteiger partial charge in [0.2, 0.25) is 0 Å². The third kappa shape index (κ3) is 5.27. The molecule has 1 saturated heterocycles. The van der Waals surface area contributed by atoms with E-state index < -0.39 is 6.04 Å². The number of para-hydroxylation sites is 1. The van der Waals surface area contributed by atoms with Gasteiger partial charge in [-0.05, 0) is 50.2 Å². The Kier molecular flexibility index (Phi) is 7.87. The van der Waals surface area contributed by atoms with Crippen LogP contribution < -0.4 is 5.32 Å². The maximum absolute atomic E-state index is 13.4. The molecule has 29 heavy (non-hydrogen) atoms. The number of anilines is 1. The maximum Gasteiger partial charge on any atom is 0.329 e. The van der Waals surface area contributed by atoms with E-state index in [-0.39, 0.29) is 17.4 Å². The van der Waals surface area contributed by atoms with E-state index in [0.717, 1.165) is 42.5 Å². The second-order valence-corrected chi connectivity index (χ2v) is 9.41. The zero-order valence-electron chi connectivity index (χ0n) is 17.9. The van der Waals surface area contributed by atoms with Gasteiger partial charge in [0.25, 0.3) is 0 Å². The van der Waals surface area contributed by atoms with E-state index in [2.05, 4.69) is 12.2 Å². The van der Waals surface area contributed by atoms with Crippen molar-refractivity contribution in [3.8, 4) is 0 Å². The molecular formula is C23H34N2O3S. The molecule has 2 aliphatic rings. The van der Waals surface area contributed by atoms with Gasteiger partial charge in [-0.2, -0.15) is 0 Å². The van der Waals surface area contributed by atoms with Crippen LogP contribution in [0.5, 0.6) is 0 Å². The molecule has 2 fully saturated rings. The van der Waals surface area contributed by atoms with Crippen molar-refractivity contribution in [1.29, 1.82) is 0 Å². The lowest BCUT2D eigenvalue weighted by Gasteiger charge is -2.35. The number of thioether (sulfide) groups is 1. The van der Waals surface area contributed by atoms with Gasteiger partial charge in [-0.15, -0.1) is 11.8 Å². The number of hydrogen-bond donors (Lipinski definition) is 1. The number of hydrogen-bond acceptors (Lipinski definition) is 4. The van der Waals surface area contributed by atoms with Gasteiger partial charge >= 0.3 is 12.0 Å². The summed E-state index contributed by atoms with van der Waals surface area (Å²) in [4.78, 5) is 28.0. The fourth-order valence-electron chi connectivity index (χ4n) is 4.35. The first-order valence-corrected chi connectivity index (χ1v) is 12.0. The lowest BCUT2D eigenvalue weighted by Crippen LogP contribution is -2.50. The summed E-state index contributed by atoms with van der Waals surface area (Å²) >= 11 is 1.74. The van der Waals surface area contributed by atoms with Crippen molar-refractivity contribution >= 4 is 29.4 Å². The average Bonchev–Trinajstić information content (AvgIpc) is 3.17. The zero-order valence-corrected chi connectivity index (χ0v) is 18.7. The summed E-state index contributed by atoms with van der Waals surface area (Å²) in [7, 11) is 0. The Balaban J connectivity index is 1.80. The first-order valence-electron chi connectivity index (χ1n) is 11.0. The topological polar surface area (TPSA) is 58.6 Å². The van der Waals surface area contributed by atoms with Gasteiger partial charge in [0.05, 0.1) is 12.0 Å². The standard InChI is InChI=1S/C23H34N2O3S/c1-4-5-14-28-22(26)19-15-29-21(18-12-7-6-8-13-18)25(19)23(27)24-20-16(2)10-9-11-17(20)3/h9-11,18-19,21H,4-8,12-15H2,1-3H3,(H,24,27)/t19-,21+/m1/s1. The quantitative estimate of drug-likeness (QED) is 0.489. The number of esters is 1. The smallest absolute Gasteiger partial charge is 0.329 e. The number of ether oxygens (including phenoxy) is 1. The highest BCUT2D eigenvalue weighted by atomic mass is 32.2. The van der Waals surface area contributed by atoms with E-state index in [1.54, 1.807) is 16.7 Å². The van der Waals surface area contributed by atoms with Crippen molar-refractivity contribution in [2.24, 2.45) is 5.92 Å². The number of carbonyl (C=O) groups is 2. The van der Waals surface area contributed by atoms with Crippen LogP contribution in [0.4, 0.5) is 10.5 Å². The lowest BCUT2D eigenvalue weighted by atomic mass is 9.88. The Bertz CT molecular complexity index is 698. The summed E-state index contributed by atoms with van der Waals surface area (Å²) in [5.41, 5.74) is 2.90.